The molecule has 0 spiro atoms. The molecule has 0 bridgehead atoms. The summed E-state index contributed by atoms with van der Waals surface area (Å²) in [5.41, 5.74) is 2.88. The lowest BCUT2D eigenvalue weighted by molar-refractivity contribution is 0.104. The number of nitrogens with zero attached hydrogens (tertiary/aromatic N) is 2. The van der Waals surface area contributed by atoms with Gasteiger partial charge in [-0.1, -0.05) is 18.2 Å². The lowest BCUT2D eigenvalue weighted by Crippen LogP contribution is -1.98. The first-order chi connectivity index (χ1) is 14.2. The Hall–Kier alpha value is -3.93. The number of carbonyl (C=O) groups is 1. The third-order valence-corrected chi connectivity index (χ3v) is 4.06. The van der Waals surface area contributed by atoms with Crippen molar-refractivity contribution < 1.29 is 14.3 Å². The quantitative estimate of drug-likeness (QED) is 0.295. The van der Waals surface area contributed by atoms with E-state index in [1.807, 2.05) is 54.6 Å². The van der Waals surface area contributed by atoms with Crippen LogP contribution in [0.1, 0.15) is 10.4 Å². The van der Waals surface area contributed by atoms with Crippen LogP contribution in [-0.2, 0) is 0 Å². The van der Waals surface area contributed by atoms with Gasteiger partial charge in [0.2, 0.25) is 0 Å². The van der Waals surface area contributed by atoms with Crippen molar-refractivity contribution in [1.82, 2.24) is 0 Å². The van der Waals surface area contributed by atoms with Crippen LogP contribution in [0.4, 0.5) is 17.1 Å². The van der Waals surface area contributed by atoms with Gasteiger partial charge in [-0.3, -0.25) is 4.79 Å². The second-order valence-electron chi connectivity index (χ2n) is 5.99. The Kier molecular flexibility index (Phi) is 6.73. The third-order valence-electron chi connectivity index (χ3n) is 4.06. The fourth-order valence-electron chi connectivity index (χ4n) is 2.53. The molecule has 3 aromatic rings. The molecule has 0 unspecified atom stereocenters. The Labute approximate surface area is 169 Å². The van der Waals surface area contributed by atoms with Crippen molar-refractivity contribution in [3.05, 3.63) is 90.6 Å². The van der Waals surface area contributed by atoms with E-state index in [4.69, 9.17) is 9.47 Å². The number of rotatable bonds is 8. The van der Waals surface area contributed by atoms with E-state index in [9.17, 15) is 4.79 Å². The molecule has 0 heterocycles. The SMILES string of the molecule is COc1ccc(C(=O)C=CNc2ccc(N=Nc3ccccc3)cc2)cc1OC. The van der Waals surface area contributed by atoms with Gasteiger partial charge < -0.3 is 14.8 Å². The molecule has 0 fully saturated rings. The Morgan fingerprint density at radius 3 is 2.14 bits per heavy atom. The number of anilines is 1. The molecule has 0 aliphatic rings. The van der Waals surface area contributed by atoms with Crippen molar-refractivity contribution in [2.75, 3.05) is 19.5 Å². The summed E-state index contributed by atoms with van der Waals surface area (Å²) < 4.78 is 10.4. The Morgan fingerprint density at radius 1 is 0.828 bits per heavy atom. The van der Waals surface area contributed by atoms with Crippen LogP contribution in [0, 0.1) is 0 Å². The van der Waals surface area contributed by atoms with Crippen LogP contribution in [-0.4, -0.2) is 20.0 Å². The predicted octanol–water partition coefficient (Wildman–Crippen LogP) is 5.93. The molecular weight excluding hydrogens is 366 g/mol. The summed E-state index contributed by atoms with van der Waals surface area (Å²) in [5, 5.41) is 11.4. The first-order valence-corrected chi connectivity index (χ1v) is 8.96. The molecule has 0 aromatic heterocycles. The van der Waals surface area contributed by atoms with Gasteiger partial charge in [-0.2, -0.15) is 10.2 Å². The van der Waals surface area contributed by atoms with Gasteiger partial charge in [0.05, 0.1) is 25.6 Å². The van der Waals surface area contributed by atoms with Crippen LogP contribution in [0.3, 0.4) is 0 Å². The highest BCUT2D eigenvalue weighted by Crippen LogP contribution is 2.27. The van der Waals surface area contributed by atoms with Crippen LogP contribution in [0.25, 0.3) is 0 Å². The van der Waals surface area contributed by atoms with Crippen molar-refractivity contribution in [2.45, 2.75) is 0 Å². The molecule has 6 nitrogen and oxygen atoms in total. The Balaban J connectivity index is 1.59. The first kappa shape index (κ1) is 19.8. The van der Waals surface area contributed by atoms with Crippen molar-refractivity contribution in [1.29, 1.82) is 0 Å². The van der Waals surface area contributed by atoms with E-state index in [1.54, 1.807) is 31.5 Å². The zero-order valence-electron chi connectivity index (χ0n) is 16.2. The molecule has 6 heteroatoms. The molecule has 0 aliphatic carbocycles. The minimum absolute atomic E-state index is 0.147. The number of benzene rings is 3. The van der Waals surface area contributed by atoms with Gasteiger partial charge in [-0.05, 0) is 54.6 Å². The smallest absolute Gasteiger partial charge is 0.187 e. The molecule has 0 radical (unpaired) electrons. The van der Waals surface area contributed by atoms with E-state index in [1.165, 1.54) is 13.2 Å². The molecule has 29 heavy (non-hydrogen) atoms. The maximum atomic E-state index is 12.3. The normalized spacial score (nSPS) is 11.0. The molecule has 0 aliphatic heterocycles. The molecule has 0 saturated heterocycles. The van der Waals surface area contributed by atoms with Crippen LogP contribution in [0.2, 0.25) is 0 Å². The number of allylic oxidation sites excluding steroid dienone is 1. The molecule has 0 saturated carbocycles. The number of azo groups is 1. The summed E-state index contributed by atoms with van der Waals surface area (Å²) in [5.74, 6) is 0.947. The largest absolute Gasteiger partial charge is 0.493 e. The van der Waals surface area contributed by atoms with Gasteiger partial charge >= 0.3 is 0 Å². The second-order valence-corrected chi connectivity index (χ2v) is 5.99. The fraction of sp³-hybridized carbons (Fsp3) is 0.0870. The first-order valence-electron chi connectivity index (χ1n) is 8.96. The van der Waals surface area contributed by atoms with Gasteiger partial charge in [0.1, 0.15) is 0 Å². The summed E-state index contributed by atoms with van der Waals surface area (Å²) in [6.07, 6.45) is 3.06. The highest BCUT2D eigenvalue weighted by Gasteiger charge is 2.08. The monoisotopic (exact) mass is 387 g/mol. The van der Waals surface area contributed by atoms with Gasteiger partial charge in [-0.15, -0.1) is 0 Å². The summed E-state index contributed by atoms with van der Waals surface area (Å²) in [6.45, 7) is 0. The van der Waals surface area contributed by atoms with Gasteiger partial charge in [0.15, 0.2) is 17.3 Å². The average molecular weight is 387 g/mol. The number of ether oxygens (including phenoxy) is 2. The standard InChI is InChI=1S/C23H21N3O3/c1-28-22-13-8-17(16-23(22)29-2)21(27)14-15-24-18-9-11-20(12-10-18)26-25-19-6-4-3-5-7-19/h3-16,24H,1-2H3. The van der Waals surface area contributed by atoms with E-state index in [0.29, 0.717) is 17.1 Å². The maximum absolute atomic E-state index is 12.3. The number of carbonyl (C=O) groups excluding carboxylic acids is 1. The van der Waals surface area contributed by atoms with E-state index in [2.05, 4.69) is 15.5 Å². The minimum atomic E-state index is -0.147. The van der Waals surface area contributed by atoms with Gasteiger partial charge in [-0.25, -0.2) is 0 Å². The topological polar surface area (TPSA) is 72.3 Å². The summed E-state index contributed by atoms with van der Waals surface area (Å²) in [6, 6.07) is 22.0. The second kappa shape index (κ2) is 9.85. The number of hydrogen-bond acceptors (Lipinski definition) is 6. The number of nitrogens with one attached hydrogen (secondary N) is 1. The van der Waals surface area contributed by atoms with E-state index in [0.717, 1.165) is 17.1 Å². The van der Waals surface area contributed by atoms with Crippen molar-refractivity contribution in [3.8, 4) is 11.5 Å². The molecule has 3 aromatic carbocycles. The van der Waals surface area contributed by atoms with E-state index >= 15 is 0 Å². The highest BCUT2D eigenvalue weighted by molar-refractivity contribution is 6.05. The van der Waals surface area contributed by atoms with E-state index in [-0.39, 0.29) is 5.78 Å². The molecule has 146 valence electrons. The lowest BCUT2D eigenvalue weighted by atomic mass is 10.1. The van der Waals surface area contributed by atoms with Gasteiger partial charge in [0, 0.05) is 23.5 Å². The molecular formula is C23H21N3O3. The highest BCUT2D eigenvalue weighted by atomic mass is 16.5. The number of hydrogen-bond donors (Lipinski definition) is 1. The van der Waals surface area contributed by atoms with Crippen molar-refractivity contribution >= 4 is 22.8 Å². The van der Waals surface area contributed by atoms with Crippen LogP contribution >= 0.6 is 0 Å². The zero-order chi connectivity index (χ0) is 20.5. The van der Waals surface area contributed by atoms with Crippen molar-refractivity contribution in [2.24, 2.45) is 10.2 Å². The Bertz CT molecular complexity index is 1010. The summed E-state index contributed by atoms with van der Waals surface area (Å²) in [7, 11) is 3.09. The Morgan fingerprint density at radius 2 is 1.48 bits per heavy atom. The predicted molar refractivity (Wildman–Crippen MR) is 114 cm³/mol. The number of methoxy groups -OCH3 is 2. The van der Waals surface area contributed by atoms with Gasteiger partial charge in [0.25, 0.3) is 0 Å². The van der Waals surface area contributed by atoms with E-state index < -0.39 is 0 Å². The zero-order valence-corrected chi connectivity index (χ0v) is 16.2. The average Bonchev–Trinajstić information content (AvgIpc) is 2.78. The summed E-state index contributed by atoms with van der Waals surface area (Å²) in [4.78, 5) is 12.3. The summed E-state index contributed by atoms with van der Waals surface area (Å²) >= 11 is 0. The molecule has 0 amide bonds. The molecule has 3 rings (SSSR count). The maximum Gasteiger partial charge on any atom is 0.187 e. The fourth-order valence-corrected chi connectivity index (χ4v) is 2.53. The minimum Gasteiger partial charge on any atom is -0.493 e. The van der Waals surface area contributed by atoms with Crippen LogP contribution in [0.15, 0.2) is 95.3 Å². The lowest BCUT2D eigenvalue weighted by Gasteiger charge is -2.08. The number of ketones is 1. The van der Waals surface area contributed by atoms with Crippen molar-refractivity contribution in [3.63, 3.8) is 0 Å². The third kappa shape index (κ3) is 5.52. The van der Waals surface area contributed by atoms with Crippen LogP contribution in [0.5, 0.6) is 11.5 Å². The molecule has 1 N–H and O–H groups in total. The molecule has 0 atom stereocenters. The van der Waals surface area contributed by atoms with Crippen LogP contribution < -0.4 is 14.8 Å².